The number of hydrogen-bond acceptors (Lipinski definition) is 15. The van der Waals surface area contributed by atoms with Gasteiger partial charge in [-0.3, -0.25) is 18.9 Å². The molecule has 1 aliphatic carbocycles. The fourth-order valence-electron chi connectivity index (χ4n) is 4.07. The topological polar surface area (TPSA) is 220 Å². The van der Waals surface area contributed by atoms with Crippen molar-refractivity contribution in [2.45, 2.75) is 76.0 Å². The lowest BCUT2D eigenvalue weighted by atomic mass is 9.94. The fraction of sp³-hybridized carbons (Fsp3) is 0.714. The van der Waals surface area contributed by atoms with Crippen molar-refractivity contribution in [3.8, 4) is 0 Å². The Kier molecular flexibility index (Phi) is 9.15. The molecule has 2 aliphatic rings. The van der Waals surface area contributed by atoms with E-state index in [0.717, 1.165) is 19.2 Å². The Bertz CT molecular complexity index is 1230. The molecule has 1 saturated carbocycles. The van der Waals surface area contributed by atoms with E-state index in [4.69, 9.17) is 27.8 Å². The Hall–Kier alpha value is -2.86. The number of halogens is 1. The van der Waals surface area contributed by atoms with Crippen molar-refractivity contribution in [2.75, 3.05) is 20.3 Å². The lowest BCUT2D eigenvalue weighted by molar-refractivity contribution is -0.168. The van der Waals surface area contributed by atoms with Crippen LogP contribution in [-0.4, -0.2) is 87.5 Å². The van der Waals surface area contributed by atoms with Gasteiger partial charge in [-0.2, -0.15) is 0 Å². The maximum atomic E-state index is 14.4. The molecule has 0 spiro atoms. The van der Waals surface area contributed by atoms with Crippen LogP contribution in [-0.2, 0) is 41.8 Å². The van der Waals surface area contributed by atoms with Gasteiger partial charge in [0.05, 0.1) is 12.2 Å². The van der Waals surface area contributed by atoms with E-state index in [0.29, 0.717) is 4.57 Å². The molecule has 19 heteroatoms. The van der Waals surface area contributed by atoms with Crippen LogP contribution in [0.15, 0.2) is 21.9 Å². The molecule has 3 N–H and O–H groups in total. The average molecular weight is 600 g/mol. The molecule has 5 atom stereocenters. The largest absolute Gasteiger partial charge is 0.510 e. The molecule has 0 radical (unpaired) electrons. The molecule has 2 fully saturated rings. The van der Waals surface area contributed by atoms with Crippen LogP contribution in [0.25, 0.3) is 0 Å². The highest BCUT2D eigenvalue weighted by atomic mass is 31.2. The van der Waals surface area contributed by atoms with Crippen molar-refractivity contribution in [3.05, 3.63) is 33.1 Å². The van der Waals surface area contributed by atoms with E-state index in [-0.39, 0.29) is 0 Å². The first-order chi connectivity index (χ1) is 18.5. The normalized spacial score (nSPS) is 29.2. The highest BCUT2D eigenvalue weighted by Crippen LogP contribution is 2.71. The minimum Gasteiger partial charge on any atom is -0.432 e. The van der Waals surface area contributed by atoms with Gasteiger partial charge in [-0.15, -0.1) is 0 Å². The molecule has 5 unspecified atom stereocenters. The van der Waals surface area contributed by atoms with Crippen LogP contribution < -0.4 is 11.2 Å². The molecular weight excluding hydrogens is 570 g/mol. The van der Waals surface area contributed by atoms with Crippen LogP contribution in [0, 0.1) is 0 Å². The highest BCUT2D eigenvalue weighted by molar-refractivity contribution is 7.48. The number of fused-ring (bicyclic) bond motifs is 1. The number of phosphoric ester groups is 1. The van der Waals surface area contributed by atoms with Crippen molar-refractivity contribution >= 4 is 20.1 Å². The Morgan fingerprint density at radius 3 is 2.05 bits per heavy atom. The number of rotatable bonds is 12. The zero-order chi connectivity index (χ0) is 30.1. The number of H-pyrrole nitrogens is 1. The van der Waals surface area contributed by atoms with Gasteiger partial charge in [0.15, 0.2) is 17.4 Å². The second-order valence-electron chi connectivity index (χ2n) is 9.47. The molecule has 1 aromatic rings. The van der Waals surface area contributed by atoms with E-state index < -0.39 is 93.0 Å². The van der Waals surface area contributed by atoms with Gasteiger partial charge < -0.3 is 33.9 Å². The Morgan fingerprint density at radius 1 is 1.10 bits per heavy atom. The molecule has 17 nitrogen and oxygen atoms in total. The molecule has 1 saturated heterocycles. The number of aromatic amines is 1. The lowest BCUT2D eigenvalue weighted by Gasteiger charge is -2.33. The van der Waals surface area contributed by atoms with Crippen LogP contribution in [0.2, 0.25) is 0 Å². The van der Waals surface area contributed by atoms with Crippen molar-refractivity contribution in [2.24, 2.45) is 0 Å². The van der Waals surface area contributed by atoms with E-state index in [1.54, 1.807) is 0 Å². The van der Waals surface area contributed by atoms with Crippen molar-refractivity contribution in [1.82, 2.24) is 9.55 Å². The summed E-state index contributed by atoms with van der Waals surface area (Å²) in [7, 11) is -5.01. The number of carbonyl (C=O) groups is 2. The molecule has 0 aromatic carbocycles. The van der Waals surface area contributed by atoms with E-state index in [1.807, 2.05) is 4.98 Å². The van der Waals surface area contributed by atoms with E-state index in [1.165, 1.54) is 27.7 Å². The first-order valence-corrected chi connectivity index (χ1v) is 13.2. The number of hydrogen-bond donors (Lipinski definition) is 3. The van der Waals surface area contributed by atoms with E-state index in [9.17, 15) is 38.3 Å². The summed E-state index contributed by atoms with van der Waals surface area (Å²) in [6.07, 6.45) is -6.32. The molecule has 40 heavy (non-hydrogen) atoms. The van der Waals surface area contributed by atoms with Gasteiger partial charge in [0.25, 0.3) is 5.56 Å². The zero-order valence-electron chi connectivity index (χ0n) is 22.1. The molecule has 226 valence electrons. The van der Waals surface area contributed by atoms with Crippen molar-refractivity contribution in [3.63, 3.8) is 0 Å². The molecular formula is C21H30FN2O15P. The predicted molar refractivity (Wildman–Crippen MR) is 126 cm³/mol. The third-order valence-corrected chi connectivity index (χ3v) is 7.23. The predicted octanol–water partition coefficient (Wildman–Crippen LogP) is 0.834. The number of alkyl halides is 1. The Morgan fingerprint density at radius 2 is 1.62 bits per heavy atom. The van der Waals surface area contributed by atoms with Crippen LogP contribution in [0.3, 0.4) is 0 Å². The summed E-state index contributed by atoms with van der Waals surface area (Å²) in [6.45, 7) is 3.35. The first kappa shape index (κ1) is 31.7. The molecule has 3 rings (SSSR count). The maximum absolute atomic E-state index is 14.4. The number of nitrogens with one attached hydrogen (secondary N) is 1. The van der Waals surface area contributed by atoms with Gasteiger partial charge in [-0.1, -0.05) is 0 Å². The zero-order valence-corrected chi connectivity index (χ0v) is 23.0. The molecule has 1 aromatic heterocycles. The summed E-state index contributed by atoms with van der Waals surface area (Å²) in [5.74, 6) is 0. The Labute approximate surface area is 225 Å². The third-order valence-electron chi connectivity index (χ3n) is 5.92. The number of aliphatic hydroxyl groups is 2. The maximum Gasteiger partial charge on any atom is 0.510 e. The number of carbonyl (C=O) groups excluding carboxylic acids is 2. The molecule has 1 aliphatic heterocycles. The smallest absolute Gasteiger partial charge is 0.432 e. The molecule has 0 amide bonds. The SMILES string of the molecule is CC(C)OC(=O)OCOP(=O)(OCOC(=O)OC(C)C)OC1C2(CF)OC(n3ccc(=O)[nH]c3=O)C(C)(O)C12O. The summed E-state index contributed by atoms with van der Waals surface area (Å²) >= 11 is 0. The minimum atomic E-state index is -5.01. The summed E-state index contributed by atoms with van der Waals surface area (Å²) in [5.41, 5.74) is -9.37. The van der Waals surface area contributed by atoms with Gasteiger partial charge in [-0.25, -0.2) is 32.4 Å². The number of ether oxygens (including phenoxy) is 5. The highest BCUT2D eigenvalue weighted by Gasteiger charge is 2.93. The minimum absolute atomic E-state index is 0.570. The number of aromatic nitrogens is 2. The van der Waals surface area contributed by atoms with Crippen molar-refractivity contribution < 1.29 is 66.0 Å². The lowest BCUT2D eigenvalue weighted by Crippen LogP contribution is -2.51. The number of nitrogens with zero attached hydrogens (tertiary/aromatic N) is 1. The third kappa shape index (κ3) is 5.93. The molecule has 0 bridgehead atoms. The van der Waals surface area contributed by atoms with Gasteiger partial charge in [0.2, 0.25) is 13.6 Å². The summed E-state index contributed by atoms with van der Waals surface area (Å²) < 4.78 is 67.7. The van der Waals surface area contributed by atoms with Gasteiger partial charge >= 0.3 is 25.8 Å². The van der Waals surface area contributed by atoms with E-state index >= 15 is 0 Å². The quantitative estimate of drug-likeness (QED) is 0.172. The standard InChI is InChI=1S/C21H30FN2O15P/c1-11(2)36-17(27)32-9-34-40(31,35-10-33-18(28)37-12(3)4)39-14-20(8-22)21(14,30)19(5,29)15(38-20)24-7-6-13(25)23-16(24)26/h6-7,11-12,14-15,29-30H,8-10H2,1-5H3,(H,23,25,26). The van der Waals surface area contributed by atoms with Crippen molar-refractivity contribution in [1.29, 1.82) is 0 Å². The first-order valence-electron chi connectivity index (χ1n) is 11.8. The van der Waals surface area contributed by atoms with Gasteiger partial charge in [-0.05, 0) is 34.6 Å². The van der Waals surface area contributed by atoms with E-state index in [2.05, 4.69) is 9.47 Å². The summed E-state index contributed by atoms with van der Waals surface area (Å²) in [5, 5.41) is 22.5. The van der Waals surface area contributed by atoms with Gasteiger partial charge in [0, 0.05) is 12.3 Å². The van der Waals surface area contributed by atoms with Gasteiger partial charge in [0.1, 0.15) is 18.4 Å². The molecule has 2 heterocycles. The summed E-state index contributed by atoms with van der Waals surface area (Å²) in [4.78, 5) is 48.8. The van der Waals surface area contributed by atoms with Crippen LogP contribution >= 0.6 is 7.82 Å². The Balaban J connectivity index is 1.81. The van der Waals surface area contributed by atoms with Crippen LogP contribution in [0.5, 0.6) is 0 Å². The van der Waals surface area contributed by atoms with Crippen LogP contribution in [0.4, 0.5) is 14.0 Å². The second-order valence-corrected chi connectivity index (χ2v) is 11.1. The number of phosphoric acid groups is 1. The fourth-order valence-corrected chi connectivity index (χ4v) is 5.21. The monoisotopic (exact) mass is 600 g/mol. The van der Waals surface area contributed by atoms with Crippen LogP contribution in [0.1, 0.15) is 40.8 Å². The summed E-state index contributed by atoms with van der Waals surface area (Å²) in [6, 6.07) is 0.926. The average Bonchev–Trinajstić information content (AvgIpc) is 3.26. The second kappa shape index (κ2) is 11.6.